The highest BCUT2D eigenvalue weighted by atomic mass is 32.1. The van der Waals surface area contributed by atoms with E-state index in [2.05, 4.69) is 20.4 Å². The van der Waals surface area contributed by atoms with E-state index in [1.165, 1.54) is 0 Å². The zero-order chi connectivity index (χ0) is 16.6. The maximum Gasteiger partial charge on any atom is 0.248 e. The summed E-state index contributed by atoms with van der Waals surface area (Å²) in [6.07, 6.45) is 1.78. The Labute approximate surface area is 145 Å². The van der Waals surface area contributed by atoms with Gasteiger partial charge in [0.1, 0.15) is 0 Å². The Morgan fingerprint density at radius 2 is 2.21 bits per heavy atom. The molecule has 0 aromatic carbocycles. The van der Waals surface area contributed by atoms with E-state index in [1.54, 1.807) is 11.3 Å². The summed E-state index contributed by atoms with van der Waals surface area (Å²) in [6, 6.07) is 1.93. The van der Waals surface area contributed by atoms with Gasteiger partial charge in [-0.3, -0.25) is 9.69 Å². The summed E-state index contributed by atoms with van der Waals surface area (Å²) >= 11 is 1.58. The van der Waals surface area contributed by atoms with Gasteiger partial charge in [-0.1, -0.05) is 0 Å². The molecule has 0 spiro atoms. The number of nitrogens with zero attached hydrogens (tertiary/aromatic N) is 3. The van der Waals surface area contributed by atoms with Crippen LogP contribution in [0.4, 0.5) is 0 Å². The maximum absolute atomic E-state index is 11.9. The molecule has 7 nitrogen and oxygen atoms in total. The number of hydrogen-bond acceptors (Lipinski definition) is 7. The number of nitrogens with one attached hydrogen (secondary N) is 1. The first-order valence-electron chi connectivity index (χ1n) is 8.23. The quantitative estimate of drug-likeness (QED) is 0.728. The van der Waals surface area contributed by atoms with Gasteiger partial charge in [0.15, 0.2) is 0 Å². The van der Waals surface area contributed by atoms with Gasteiger partial charge in [0.05, 0.1) is 13.2 Å². The molecule has 1 N–H and O–H groups in total. The number of aromatic nitrogens is 2. The molecule has 0 radical (unpaired) electrons. The van der Waals surface area contributed by atoms with Gasteiger partial charge < -0.3 is 14.5 Å². The van der Waals surface area contributed by atoms with Crippen molar-refractivity contribution in [1.82, 2.24) is 20.4 Å². The van der Waals surface area contributed by atoms with Crippen LogP contribution < -0.4 is 5.32 Å². The van der Waals surface area contributed by atoms with E-state index in [1.807, 2.05) is 16.8 Å². The van der Waals surface area contributed by atoms with E-state index in [0.717, 1.165) is 44.8 Å². The average molecular weight is 350 g/mol. The minimum Gasteiger partial charge on any atom is -0.421 e. The van der Waals surface area contributed by atoms with Crippen molar-refractivity contribution < 1.29 is 13.9 Å². The van der Waals surface area contributed by atoms with E-state index >= 15 is 0 Å². The van der Waals surface area contributed by atoms with E-state index in [-0.39, 0.29) is 5.91 Å². The standard InChI is InChI=1S/C16H22N4O3S/c21-14(17-5-1-6-20-7-9-22-10-8-20)2-3-15-18-19-16(23-15)13-4-11-24-12-13/h4,11-12H,1-3,5-10H2,(H,17,21). The fourth-order valence-electron chi connectivity index (χ4n) is 2.52. The highest BCUT2D eigenvalue weighted by molar-refractivity contribution is 7.08. The van der Waals surface area contributed by atoms with Crippen LogP contribution in [0.25, 0.3) is 11.5 Å². The molecule has 3 rings (SSSR count). The Kier molecular flexibility index (Phi) is 6.33. The van der Waals surface area contributed by atoms with Crippen molar-refractivity contribution in [2.75, 3.05) is 39.4 Å². The van der Waals surface area contributed by atoms with E-state index in [4.69, 9.17) is 9.15 Å². The van der Waals surface area contributed by atoms with Crippen LogP contribution in [0.5, 0.6) is 0 Å². The van der Waals surface area contributed by atoms with Crippen LogP contribution in [-0.4, -0.2) is 60.4 Å². The SMILES string of the molecule is O=C(CCc1nnc(-c2ccsc2)o1)NCCCN1CCOCC1. The fraction of sp³-hybridized carbons (Fsp3) is 0.562. The molecule has 2 aromatic rings. The van der Waals surface area contributed by atoms with Crippen molar-refractivity contribution in [2.45, 2.75) is 19.3 Å². The van der Waals surface area contributed by atoms with Crippen molar-refractivity contribution in [3.8, 4) is 11.5 Å². The average Bonchev–Trinajstić information content (AvgIpc) is 3.29. The third-order valence-electron chi connectivity index (χ3n) is 3.88. The molecule has 8 heteroatoms. The van der Waals surface area contributed by atoms with Gasteiger partial charge in [-0.05, 0) is 24.4 Å². The lowest BCUT2D eigenvalue weighted by atomic mass is 10.3. The summed E-state index contributed by atoms with van der Waals surface area (Å²) in [5.41, 5.74) is 0.923. The summed E-state index contributed by atoms with van der Waals surface area (Å²) < 4.78 is 10.9. The molecule has 24 heavy (non-hydrogen) atoms. The normalized spacial score (nSPS) is 15.5. The number of ether oxygens (including phenoxy) is 1. The Balaban J connectivity index is 1.31. The molecule has 0 aliphatic carbocycles. The second-order valence-electron chi connectivity index (χ2n) is 5.67. The Hall–Kier alpha value is -1.77. The molecular weight excluding hydrogens is 328 g/mol. The molecule has 1 amide bonds. The molecule has 1 fully saturated rings. The molecule has 1 aliphatic rings. The summed E-state index contributed by atoms with van der Waals surface area (Å²) in [5.74, 6) is 1.03. The monoisotopic (exact) mass is 350 g/mol. The lowest BCUT2D eigenvalue weighted by Crippen LogP contribution is -2.38. The van der Waals surface area contributed by atoms with Crippen LogP contribution in [0.1, 0.15) is 18.7 Å². The lowest BCUT2D eigenvalue weighted by Gasteiger charge is -2.26. The summed E-state index contributed by atoms with van der Waals surface area (Å²) in [6.45, 7) is 5.28. The first-order chi connectivity index (χ1) is 11.8. The maximum atomic E-state index is 11.9. The highest BCUT2D eigenvalue weighted by Crippen LogP contribution is 2.20. The van der Waals surface area contributed by atoms with Gasteiger partial charge in [0.2, 0.25) is 17.7 Å². The number of carbonyl (C=O) groups is 1. The minimum absolute atomic E-state index is 0.0206. The van der Waals surface area contributed by atoms with Gasteiger partial charge in [0, 0.05) is 43.4 Å². The van der Waals surface area contributed by atoms with E-state index in [9.17, 15) is 4.79 Å². The van der Waals surface area contributed by atoms with Gasteiger partial charge in [-0.2, -0.15) is 11.3 Å². The van der Waals surface area contributed by atoms with Crippen LogP contribution in [0.2, 0.25) is 0 Å². The molecule has 3 heterocycles. The van der Waals surface area contributed by atoms with Crippen molar-refractivity contribution in [3.05, 3.63) is 22.7 Å². The van der Waals surface area contributed by atoms with Crippen LogP contribution in [0.15, 0.2) is 21.2 Å². The van der Waals surface area contributed by atoms with E-state index in [0.29, 0.717) is 31.2 Å². The third kappa shape index (κ3) is 5.12. The second kappa shape index (κ2) is 8.91. The predicted octanol–water partition coefficient (Wildman–Crippen LogP) is 1.57. The second-order valence-corrected chi connectivity index (χ2v) is 6.45. The zero-order valence-corrected chi connectivity index (χ0v) is 14.4. The molecule has 0 bridgehead atoms. The summed E-state index contributed by atoms with van der Waals surface area (Å²) in [7, 11) is 0. The van der Waals surface area contributed by atoms with Crippen molar-refractivity contribution in [1.29, 1.82) is 0 Å². The zero-order valence-electron chi connectivity index (χ0n) is 13.6. The Bertz CT molecular complexity index is 623. The fourth-order valence-corrected chi connectivity index (χ4v) is 3.15. The number of carbonyl (C=O) groups excluding carboxylic acids is 1. The molecule has 130 valence electrons. The van der Waals surface area contributed by atoms with Gasteiger partial charge >= 0.3 is 0 Å². The minimum atomic E-state index is 0.0206. The van der Waals surface area contributed by atoms with Gasteiger partial charge in [-0.15, -0.1) is 10.2 Å². The van der Waals surface area contributed by atoms with Crippen molar-refractivity contribution in [2.24, 2.45) is 0 Å². The lowest BCUT2D eigenvalue weighted by molar-refractivity contribution is -0.121. The molecule has 1 saturated heterocycles. The molecule has 2 aromatic heterocycles. The largest absolute Gasteiger partial charge is 0.421 e. The topological polar surface area (TPSA) is 80.5 Å². The van der Waals surface area contributed by atoms with Crippen LogP contribution >= 0.6 is 11.3 Å². The number of morpholine rings is 1. The van der Waals surface area contributed by atoms with Crippen molar-refractivity contribution in [3.63, 3.8) is 0 Å². The van der Waals surface area contributed by atoms with Crippen LogP contribution in [-0.2, 0) is 16.0 Å². The summed E-state index contributed by atoms with van der Waals surface area (Å²) in [5, 5.41) is 14.9. The summed E-state index contributed by atoms with van der Waals surface area (Å²) in [4.78, 5) is 14.2. The highest BCUT2D eigenvalue weighted by Gasteiger charge is 2.12. The predicted molar refractivity (Wildman–Crippen MR) is 90.8 cm³/mol. The smallest absolute Gasteiger partial charge is 0.248 e. The van der Waals surface area contributed by atoms with Crippen LogP contribution in [0, 0.1) is 0 Å². The molecule has 0 unspecified atom stereocenters. The van der Waals surface area contributed by atoms with Gasteiger partial charge in [0.25, 0.3) is 0 Å². The van der Waals surface area contributed by atoms with Crippen molar-refractivity contribution >= 4 is 17.2 Å². The molecule has 0 atom stereocenters. The number of aryl methyl sites for hydroxylation is 1. The van der Waals surface area contributed by atoms with Gasteiger partial charge in [-0.25, -0.2) is 0 Å². The third-order valence-corrected chi connectivity index (χ3v) is 4.56. The van der Waals surface area contributed by atoms with Crippen LogP contribution in [0.3, 0.4) is 0 Å². The van der Waals surface area contributed by atoms with E-state index < -0.39 is 0 Å². The number of thiophene rings is 1. The first-order valence-corrected chi connectivity index (χ1v) is 9.17. The number of hydrogen-bond donors (Lipinski definition) is 1. The molecule has 0 saturated carbocycles. The molecule has 1 aliphatic heterocycles. The number of amides is 1. The molecular formula is C16H22N4O3S. The Morgan fingerprint density at radius 3 is 3.00 bits per heavy atom. The first kappa shape index (κ1) is 17.1. The number of rotatable bonds is 8. The Morgan fingerprint density at radius 1 is 1.33 bits per heavy atom.